The van der Waals surface area contributed by atoms with E-state index in [9.17, 15) is 0 Å². The number of anilines is 1. The van der Waals surface area contributed by atoms with Crippen molar-refractivity contribution >= 4 is 33.3 Å². The van der Waals surface area contributed by atoms with E-state index in [1.165, 1.54) is 0 Å². The molecule has 5 heteroatoms. The van der Waals surface area contributed by atoms with Crippen molar-refractivity contribution in [1.29, 1.82) is 0 Å². The number of pyridine rings is 1. The van der Waals surface area contributed by atoms with E-state index in [4.69, 9.17) is 11.6 Å². The van der Waals surface area contributed by atoms with Gasteiger partial charge in [0.05, 0.1) is 9.50 Å². The molecule has 16 heavy (non-hydrogen) atoms. The van der Waals surface area contributed by atoms with Crippen molar-refractivity contribution < 1.29 is 0 Å². The third-order valence-corrected chi connectivity index (χ3v) is 3.75. The van der Waals surface area contributed by atoms with Crippen molar-refractivity contribution in [3.05, 3.63) is 21.8 Å². The number of hydrogen-bond donors (Lipinski definition) is 2. The lowest BCUT2D eigenvalue weighted by atomic mass is 9.91. The fourth-order valence-corrected chi connectivity index (χ4v) is 2.63. The molecule has 1 fully saturated rings. The van der Waals surface area contributed by atoms with E-state index in [0.29, 0.717) is 5.02 Å². The Kier molecular flexibility index (Phi) is 3.72. The molecule has 2 heterocycles. The highest BCUT2D eigenvalue weighted by molar-refractivity contribution is 9.10. The van der Waals surface area contributed by atoms with E-state index >= 15 is 0 Å². The molecule has 0 spiro atoms. The van der Waals surface area contributed by atoms with Gasteiger partial charge in [0.1, 0.15) is 5.82 Å². The Labute approximate surface area is 109 Å². The maximum absolute atomic E-state index is 5.86. The largest absolute Gasteiger partial charge is 0.364 e. The SMILES string of the molecule is CC1(Nc2ncc(Cl)cc2Br)CCNCC1. The van der Waals surface area contributed by atoms with Crippen LogP contribution in [0.15, 0.2) is 16.7 Å². The molecular weight excluding hydrogens is 289 g/mol. The zero-order valence-corrected chi connectivity index (χ0v) is 11.5. The van der Waals surface area contributed by atoms with E-state index < -0.39 is 0 Å². The van der Waals surface area contributed by atoms with Crippen LogP contribution in [0.4, 0.5) is 5.82 Å². The normalized spacial score (nSPS) is 19.4. The Balaban J connectivity index is 2.13. The quantitative estimate of drug-likeness (QED) is 0.882. The Hall–Kier alpha value is -0.320. The summed E-state index contributed by atoms with van der Waals surface area (Å²) in [5.74, 6) is 0.869. The van der Waals surface area contributed by atoms with Crippen LogP contribution in [0.5, 0.6) is 0 Å². The molecule has 1 aromatic rings. The third-order valence-electron chi connectivity index (χ3n) is 2.94. The van der Waals surface area contributed by atoms with Crippen LogP contribution in [0.1, 0.15) is 19.8 Å². The average Bonchev–Trinajstić information content (AvgIpc) is 2.23. The third kappa shape index (κ3) is 2.87. The van der Waals surface area contributed by atoms with Gasteiger partial charge >= 0.3 is 0 Å². The van der Waals surface area contributed by atoms with E-state index in [0.717, 1.165) is 36.2 Å². The molecule has 1 saturated heterocycles. The summed E-state index contributed by atoms with van der Waals surface area (Å²) < 4.78 is 0.916. The number of rotatable bonds is 2. The molecule has 0 atom stereocenters. The summed E-state index contributed by atoms with van der Waals surface area (Å²) in [4.78, 5) is 4.31. The summed E-state index contributed by atoms with van der Waals surface area (Å²) in [5, 5.41) is 7.50. The van der Waals surface area contributed by atoms with Gasteiger partial charge in [0.2, 0.25) is 0 Å². The maximum atomic E-state index is 5.86. The minimum Gasteiger partial charge on any atom is -0.364 e. The zero-order valence-electron chi connectivity index (χ0n) is 9.19. The van der Waals surface area contributed by atoms with Crippen molar-refractivity contribution in [2.75, 3.05) is 18.4 Å². The van der Waals surface area contributed by atoms with Crippen LogP contribution in [0.3, 0.4) is 0 Å². The van der Waals surface area contributed by atoms with Crippen molar-refractivity contribution in [1.82, 2.24) is 10.3 Å². The van der Waals surface area contributed by atoms with Crippen molar-refractivity contribution in [3.63, 3.8) is 0 Å². The number of hydrogen-bond acceptors (Lipinski definition) is 3. The molecule has 1 aliphatic rings. The highest BCUT2D eigenvalue weighted by atomic mass is 79.9. The summed E-state index contributed by atoms with van der Waals surface area (Å²) >= 11 is 9.34. The van der Waals surface area contributed by atoms with Gasteiger partial charge in [-0.1, -0.05) is 11.6 Å². The Bertz CT molecular complexity index is 377. The van der Waals surface area contributed by atoms with Gasteiger partial charge in [0.25, 0.3) is 0 Å². The highest BCUT2D eigenvalue weighted by Gasteiger charge is 2.27. The zero-order chi connectivity index (χ0) is 11.6. The van der Waals surface area contributed by atoms with Gasteiger partial charge in [-0.05, 0) is 54.9 Å². The van der Waals surface area contributed by atoms with Gasteiger partial charge in [-0.25, -0.2) is 4.98 Å². The summed E-state index contributed by atoms with van der Waals surface area (Å²) in [6, 6.07) is 1.86. The molecule has 0 radical (unpaired) electrons. The molecule has 1 aromatic heterocycles. The molecule has 0 aromatic carbocycles. The van der Waals surface area contributed by atoms with Crippen molar-refractivity contribution in [3.8, 4) is 0 Å². The molecular formula is C11H15BrClN3. The van der Waals surface area contributed by atoms with Gasteiger partial charge in [0, 0.05) is 11.7 Å². The van der Waals surface area contributed by atoms with Gasteiger partial charge in [-0.3, -0.25) is 0 Å². The molecule has 0 unspecified atom stereocenters. The lowest BCUT2D eigenvalue weighted by molar-refractivity contribution is 0.364. The van der Waals surface area contributed by atoms with Crippen LogP contribution in [-0.2, 0) is 0 Å². The van der Waals surface area contributed by atoms with Gasteiger partial charge in [-0.2, -0.15) is 0 Å². The minimum absolute atomic E-state index is 0.120. The van der Waals surface area contributed by atoms with Crippen LogP contribution in [0, 0.1) is 0 Å². The Morgan fingerprint density at radius 3 is 2.81 bits per heavy atom. The lowest BCUT2D eigenvalue weighted by Gasteiger charge is -2.35. The van der Waals surface area contributed by atoms with Crippen LogP contribution in [0.2, 0.25) is 5.02 Å². The molecule has 0 bridgehead atoms. The van der Waals surface area contributed by atoms with Crippen LogP contribution in [-0.4, -0.2) is 23.6 Å². The topological polar surface area (TPSA) is 37.0 Å². The molecule has 1 aliphatic heterocycles. The summed E-state index contributed by atoms with van der Waals surface area (Å²) in [5.41, 5.74) is 0.120. The molecule has 2 N–H and O–H groups in total. The van der Waals surface area contributed by atoms with Crippen LogP contribution in [0.25, 0.3) is 0 Å². The van der Waals surface area contributed by atoms with Crippen LogP contribution < -0.4 is 10.6 Å². The number of halogens is 2. The Morgan fingerprint density at radius 2 is 2.19 bits per heavy atom. The van der Waals surface area contributed by atoms with Gasteiger partial charge in [-0.15, -0.1) is 0 Å². The first kappa shape index (κ1) is 12.1. The molecule has 3 nitrogen and oxygen atoms in total. The summed E-state index contributed by atoms with van der Waals surface area (Å²) in [6.45, 7) is 4.33. The molecule has 88 valence electrons. The fraction of sp³-hybridized carbons (Fsp3) is 0.545. The summed E-state index contributed by atoms with van der Waals surface area (Å²) in [7, 11) is 0. The van der Waals surface area contributed by atoms with E-state index in [1.807, 2.05) is 6.07 Å². The van der Waals surface area contributed by atoms with E-state index in [1.54, 1.807) is 6.20 Å². The summed E-state index contributed by atoms with van der Waals surface area (Å²) in [6.07, 6.45) is 3.87. The fourth-order valence-electron chi connectivity index (χ4n) is 1.90. The first-order valence-corrected chi connectivity index (χ1v) is 6.56. The molecule has 0 amide bonds. The van der Waals surface area contributed by atoms with E-state index in [-0.39, 0.29) is 5.54 Å². The monoisotopic (exact) mass is 303 g/mol. The van der Waals surface area contributed by atoms with Crippen LogP contribution >= 0.6 is 27.5 Å². The highest BCUT2D eigenvalue weighted by Crippen LogP contribution is 2.28. The van der Waals surface area contributed by atoms with Crippen molar-refractivity contribution in [2.24, 2.45) is 0 Å². The number of nitrogens with zero attached hydrogens (tertiary/aromatic N) is 1. The predicted molar refractivity (Wildman–Crippen MR) is 71.1 cm³/mol. The van der Waals surface area contributed by atoms with Gasteiger partial charge in [0.15, 0.2) is 0 Å². The average molecular weight is 305 g/mol. The second kappa shape index (κ2) is 4.90. The Morgan fingerprint density at radius 1 is 1.50 bits per heavy atom. The standard InChI is InChI=1S/C11H15BrClN3/c1-11(2-4-14-5-3-11)16-10-9(12)6-8(13)7-15-10/h6-7,14H,2-5H2,1H3,(H,15,16). The number of piperidine rings is 1. The predicted octanol–water partition coefficient (Wildman–Crippen LogP) is 3.05. The second-order valence-corrected chi connectivity index (χ2v) is 5.71. The minimum atomic E-state index is 0.120. The first-order chi connectivity index (χ1) is 7.59. The molecule has 0 aliphatic carbocycles. The molecule has 0 saturated carbocycles. The first-order valence-electron chi connectivity index (χ1n) is 5.39. The van der Waals surface area contributed by atoms with Crippen molar-refractivity contribution in [2.45, 2.75) is 25.3 Å². The maximum Gasteiger partial charge on any atom is 0.140 e. The van der Waals surface area contributed by atoms with Gasteiger partial charge < -0.3 is 10.6 Å². The van der Waals surface area contributed by atoms with E-state index in [2.05, 4.69) is 38.5 Å². The lowest BCUT2D eigenvalue weighted by Crippen LogP contribution is -2.45. The second-order valence-electron chi connectivity index (χ2n) is 4.42. The molecule has 2 rings (SSSR count). The number of aromatic nitrogens is 1. The number of nitrogens with one attached hydrogen (secondary N) is 2. The smallest absolute Gasteiger partial charge is 0.140 e.